The van der Waals surface area contributed by atoms with Crippen LogP contribution in [-0.2, 0) is 33.7 Å². The zero-order chi connectivity index (χ0) is 29.3. The number of benzene rings is 3. The first-order valence-corrected chi connectivity index (χ1v) is 13.8. The van der Waals surface area contributed by atoms with E-state index in [9.17, 15) is 24.0 Å². The molecule has 4 atom stereocenters. The molecule has 208 valence electrons. The molecular formula is C31H24Cl2N2O6. The Morgan fingerprint density at radius 3 is 1.63 bits per heavy atom. The minimum Gasteiger partial charge on any atom is -0.453 e. The van der Waals surface area contributed by atoms with Gasteiger partial charge in [0.15, 0.2) is 6.10 Å². The number of likely N-dealkylation sites (tertiary alicyclic amines) is 1. The molecule has 0 radical (unpaired) electrons. The Kier molecular flexibility index (Phi) is 6.32. The SMILES string of the molecule is C[C@@H](OC(=O)[C@@H](CC(N)=O)N1C(=O)[C@@H]2[C@H](C1=O)C1(Cl)c3ccccc3C2(Cl)c2ccccc21)C(=O)c1ccccc1. The molecule has 1 heterocycles. The molecular weight excluding hydrogens is 567 g/mol. The number of rotatable bonds is 7. The van der Waals surface area contributed by atoms with Gasteiger partial charge in [0, 0.05) is 5.56 Å². The topological polar surface area (TPSA) is 124 Å². The van der Waals surface area contributed by atoms with E-state index >= 15 is 0 Å². The predicted octanol–water partition coefficient (Wildman–Crippen LogP) is 3.64. The van der Waals surface area contributed by atoms with Crippen molar-refractivity contribution in [2.45, 2.75) is 35.2 Å². The largest absolute Gasteiger partial charge is 0.453 e. The average Bonchev–Trinajstić information content (AvgIpc) is 3.25. The molecule has 8 nitrogen and oxygen atoms in total. The zero-order valence-electron chi connectivity index (χ0n) is 21.8. The Balaban J connectivity index is 1.41. The summed E-state index contributed by atoms with van der Waals surface area (Å²) in [5.41, 5.74) is 8.14. The number of hydrogen-bond acceptors (Lipinski definition) is 6. The molecule has 3 aromatic rings. The van der Waals surface area contributed by atoms with Gasteiger partial charge in [-0.3, -0.25) is 24.1 Å². The van der Waals surface area contributed by atoms with Crippen molar-refractivity contribution in [3.05, 3.63) is 107 Å². The maximum Gasteiger partial charge on any atom is 0.330 e. The van der Waals surface area contributed by atoms with Crippen LogP contribution in [-0.4, -0.2) is 46.5 Å². The van der Waals surface area contributed by atoms with Gasteiger partial charge in [-0.1, -0.05) is 78.9 Å². The van der Waals surface area contributed by atoms with Crippen LogP contribution >= 0.6 is 23.2 Å². The van der Waals surface area contributed by atoms with Crippen LogP contribution in [0.1, 0.15) is 46.0 Å². The normalized spacial score (nSPS) is 27.0. The second-order valence-electron chi connectivity index (χ2n) is 10.5. The van der Waals surface area contributed by atoms with Crippen molar-refractivity contribution in [2.24, 2.45) is 17.6 Å². The van der Waals surface area contributed by atoms with E-state index in [0.717, 1.165) is 0 Å². The first-order valence-electron chi connectivity index (χ1n) is 13.1. The molecule has 3 amide bonds. The Bertz CT molecular complexity index is 1520. The highest BCUT2D eigenvalue weighted by Crippen LogP contribution is 2.69. The molecule has 0 unspecified atom stereocenters. The Morgan fingerprint density at radius 1 is 0.805 bits per heavy atom. The summed E-state index contributed by atoms with van der Waals surface area (Å²) in [7, 11) is 0. The minimum atomic E-state index is -1.71. The number of carbonyl (C=O) groups excluding carboxylic acids is 5. The van der Waals surface area contributed by atoms with Gasteiger partial charge in [0.05, 0.1) is 18.3 Å². The number of primary amides is 1. The predicted molar refractivity (Wildman–Crippen MR) is 149 cm³/mol. The van der Waals surface area contributed by atoms with Crippen molar-refractivity contribution >= 4 is 52.7 Å². The summed E-state index contributed by atoms with van der Waals surface area (Å²) in [4.78, 5) is 64.7. The van der Waals surface area contributed by atoms with E-state index in [4.69, 9.17) is 33.7 Å². The van der Waals surface area contributed by atoms with Crippen LogP contribution in [0, 0.1) is 11.8 Å². The van der Waals surface area contributed by atoms with Gasteiger partial charge in [0.25, 0.3) is 0 Å². The van der Waals surface area contributed by atoms with Crippen LogP contribution in [0.3, 0.4) is 0 Å². The number of halogens is 2. The van der Waals surface area contributed by atoms with E-state index in [1.165, 1.54) is 6.92 Å². The van der Waals surface area contributed by atoms with Crippen LogP contribution in [0.5, 0.6) is 0 Å². The van der Waals surface area contributed by atoms with Crippen LogP contribution in [0.2, 0.25) is 0 Å². The molecule has 0 spiro atoms. The summed E-state index contributed by atoms with van der Waals surface area (Å²) in [6.45, 7) is 1.37. The number of esters is 1. The van der Waals surface area contributed by atoms with Gasteiger partial charge < -0.3 is 10.5 Å². The van der Waals surface area contributed by atoms with Crippen molar-refractivity contribution < 1.29 is 28.7 Å². The van der Waals surface area contributed by atoms with Crippen molar-refractivity contribution in [1.29, 1.82) is 0 Å². The fourth-order valence-corrected chi connectivity index (χ4v) is 7.71. The minimum absolute atomic E-state index is 0.305. The lowest BCUT2D eigenvalue weighted by molar-refractivity contribution is -0.161. The molecule has 10 heteroatoms. The highest BCUT2D eigenvalue weighted by molar-refractivity contribution is 6.36. The molecule has 2 N–H and O–H groups in total. The number of imide groups is 1. The summed E-state index contributed by atoms with van der Waals surface area (Å²) in [6, 6.07) is 20.7. The van der Waals surface area contributed by atoms with E-state index in [0.29, 0.717) is 32.7 Å². The molecule has 1 aliphatic heterocycles. The number of nitrogens with two attached hydrogens (primary N) is 1. The monoisotopic (exact) mass is 590 g/mol. The third-order valence-corrected chi connectivity index (χ3v) is 9.60. The van der Waals surface area contributed by atoms with E-state index < -0.39 is 69.6 Å². The number of nitrogens with zero attached hydrogens (tertiary/aromatic N) is 1. The third kappa shape index (κ3) is 3.70. The fraction of sp³-hybridized carbons (Fsp3) is 0.258. The summed E-state index contributed by atoms with van der Waals surface area (Å²) in [5, 5.41) is 0. The Labute approximate surface area is 245 Å². The lowest BCUT2D eigenvalue weighted by Crippen LogP contribution is -2.57. The third-order valence-electron chi connectivity index (χ3n) is 8.32. The molecule has 0 saturated carbocycles. The maximum absolute atomic E-state index is 14.2. The molecule has 41 heavy (non-hydrogen) atoms. The van der Waals surface area contributed by atoms with Crippen molar-refractivity contribution in [3.8, 4) is 0 Å². The van der Waals surface area contributed by atoms with Gasteiger partial charge in [-0.2, -0.15) is 0 Å². The molecule has 3 aliphatic carbocycles. The van der Waals surface area contributed by atoms with E-state index in [2.05, 4.69) is 0 Å². The van der Waals surface area contributed by atoms with Crippen molar-refractivity contribution in [3.63, 3.8) is 0 Å². The van der Waals surface area contributed by atoms with Crippen molar-refractivity contribution in [1.82, 2.24) is 4.90 Å². The molecule has 1 saturated heterocycles. The van der Waals surface area contributed by atoms with E-state index in [-0.39, 0.29) is 0 Å². The van der Waals surface area contributed by atoms with Crippen LogP contribution in [0.25, 0.3) is 0 Å². The second kappa shape index (κ2) is 9.53. The standard InChI is InChI=1S/C31H24Cl2N2O6/c1-16(26(37)17-9-3-2-4-10-17)41-29(40)22(15-23(34)36)35-27(38)24-25(28(35)39)31(33)19-12-6-5-11-18(19)30(24,32)20-13-7-8-14-21(20)31/h2-14,16,22,24-25H,15H2,1H3,(H2,34,36)/t16-,22-,24-,25+,30?,31?/m1/s1. The van der Waals surface area contributed by atoms with Gasteiger partial charge in [-0.15, -0.1) is 23.2 Å². The van der Waals surface area contributed by atoms with Crippen LogP contribution in [0.15, 0.2) is 78.9 Å². The first kappa shape index (κ1) is 27.2. The number of Topliss-reactive ketones (excluding diaryl/α,β-unsaturated/α-hetero) is 1. The number of alkyl halides is 2. The lowest BCUT2D eigenvalue weighted by Gasteiger charge is -2.54. The van der Waals surface area contributed by atoms with Crippen LogP contribution in [0.4, 0.5) is 0 Å². The number of ether oxygens (including phenoxy) is 1. The maximum atomic E-state index is 14.2. The first-order chi connectivity index (χ1) is 19.5. The highest BCUT2D eigenvalue weighted by Gasteiger charge is 2.74. The Hall–Kier alpha value is -4.01. The number of amides is 3. The average molecular weight is 591 g/mol. The molecule has 2 bridgehead atoms. The van der Waals surface area contributed by atoms with E-state index in [1.54, 1.807) is 78.9 Å². The summed E-state index contributed by atoms with van der Waals surface area (Å²) in [5.74, 6) is -6.44. The number of carbonyl (C=O) groups is 5. The van der Waals surface area contributed by atoms with Gasteiger partial charge in [-0.05, 0) is 29.2 Å². The van der Waals surface area contributed by atoms with Crippen LogP contribution < -0.4 is 5.73 Å². The fourth-order valence-electron chi connectivity index (χ4n) is 6.61. The number of hydrogen-bond donors (Lipinski definition) is 1. The molecule has 7 rings (SSSR count). The molecule has 1 fully saturated rings. The zero-order valence-corrected chi connectivity index (χ0v) is 23.3. The number of ketones is 1. The van der Waals surface area contributed by atoms with Crippen molar-refractivity contribution in [2.75, 3.05) is 0 Å². The van der Waals surface area contributed by atoms with Gasteiger partial charge in [0.2, 0.25) is 23.5 Å². The Morgan fingerprint density at radius 2 is 1.22 bits per heavy atom. The smallest absolute Gasteiger partial charge is 0.330 e. The summed E-state index contributed by atoms with van der Waals surface area (Å²) < 4.78 is 5.43. The second-order valence-corrected chi connectivity index (χ2v) is 11.7. The highest BCUT2D eigenvalue weighted by atomic mass is 35.5. The summed E-state index contributed by atoms with van der Waals surface area (Å²) in [6.07, 6.45) is -1.97. The van der Waals surface area contributed by atoms with Gasteiger partial charge >= 0.3 is 5.97 Å². The molecule has 0 aromatic heterocycles. The summed E-state index contributed by atoms with van der Waals surface area (Å²) >= 11 is 14.8. The quantitative estimate of drug-likeness (QED) is 0.194. The molecule has 4 aliphatic rings. The van der Waals surface area contributed by atoms with Gasteiger partial charge in [-0.25, -0.2) is 4.79 Å². The van der Waals surface area contributed by atoms with Gasteiger partial charge in [0.1, 0.15) is 15.8 Å². The molecule has 3 aromatic carbocycles. The lowest BCUT2D eigenvalue weighted by atomic mass is 9.54. The van der Waals surface area contributed by atoms with E-state index in [1.807, 2.05) is 0 Å².